The Labute approximate surface area is 343 Å². The lowest BCUT2D eigenvalue weighted by Gasteiger charge is -2.19. The third kappa shape index (κ3) is 6.60. The van der Waals surface area contributed by atoms with Crippen LogP contribution in [0.4, 0.5) is 0 Å². The zero-order valence-electron chi connectivity index (χ0n) is 31.9. The van der Waals surface area contributed by atoms with Gasteiger partial charge in [0.1, 0.15) is 0 Å². The highest BCUT2D eigenvalue weighted by molar-refractivity contribution is 7.79. The summed E-state index contributed by atoms with van der Waals surface area (Å²) in [7, 11) is -0.684. The van der Waals surface area contributed by atoms with Gasteiger partial charge in [0.2, 0.25) is 0 Å². The molecule has 11 aromatic rings. The number of aromatic nitrogens is 4. The van der Waals surface area contributed by atoms with Gasteiger partial charge < -0.3 is 0 Å². The van der Waals surface area contributed by atoms with Gasteiger partial charge in [-0.2, -0.15) is 0 Å². The van der Waals surface area contributed by atoms with Crippen molar-refractivity contribution in [3.63, 3.8) is 0 Å². The van der Waals surface area contributed by atoms with Crippen molar-refractivity contribution in [2.75, 3.05) is 0 Å². The predicted molar refractivity (Wildman–Crippen MR) is 248 cm³/mol. The van der Waals surface area contributed by atoms with E-state index in [0.717, 1.165) is 88.6 Å². The fourth-order valence-electron chi connectivity index (χ4n) is 8.01. The molecule has 0 bridgehead atoms. The average Bonchev–Trinajstić information content (AvgIpc) is 3.32. The molecule has 0 amide bonds. The third-order valence-electron chi connectivity index (χ3n) is 11.0. The number of pyridine rings is 4. The van der Waals surface area contributed by atoms with Gasteiger partial charge in [0.15, 0.2) is 0 Å². The molecule has 7 aromatic carbocycles. The SMILES string of the molecule is c1ccc(-c2ccc3ccc4ccc(-c5cccc(-c6ccc7ccc8ccc(-c9ccc(P(c%10ccccc%10)c%10ccccc%10)cc9)nc8c7n6)c5)nc4c3n2)cc1. The minimum atomic E-state index is -0.684. The van der Waals surface area contributed by atoms with E-state index in [2.05, 4.69) is 194 Å². The van der Waals surface area contributed by atoms with Gasteiger partial charge in [-0.25, -0.2) is 19.9 Å². The molecule has 0 fully saturated rings. The quantitative estimate of drug-likeness (QED) is 0.120. The zero-order valence-corrected chi connectivity index (χ0v) is 32.8. The first-order valence-electron chi connectivity index (χ1n) is 19.8. The number of benzene rings is 7. The Morgan fingerprint density at radius 1 is 0.237 bits per heavy atom. The van der Waals surface area contributed by atoms with Crippen LogP contribution < -0.4 is 15.9 Å². The minimum absolute atomic E-state index is 0.684. The zero-order chi connectivity index (χ0) is 39.1. The molecule has 11 rings (SSSR count). The van der Waals surface area contributed by atoms with Crippen LogP contribution in [0, 0.1) is 0 Å². The standard InChI is InChI=1S/C54H35N4P/c1-4-11-36(12-5-1)47-31-25-38-19-21-40-27-33-49(57-53(40)51(38)55-47)42-13-10-14-43(35-42)50-34-28-41-22-20-39-26-32-48(56-52(39)54(41)58-50)37-23-29-46(30-24-37)59(44-15-6-2-7-16-44)45-17-8-3-9-18-45/h1-35H. The summed E-state index contributed by atoms with van der Waals surface area (Å²) in [5.74, 6) is 0. The van der Waals surface area contributed by atoms with Crippen LogP contribution in [-0.2, 0) is 0 Å². The van der Waals surface area contributed by atoms with E-state index < -0.39 is 7.92 Å². The van der Waals surface area contributed by atoms with E-state index in [-0.39, 0.29) is 0 Å². The molecule has 0 atom stereocenters. The number of nitrogens with zero attached hydrogens (tertiary/aromatic N) is 4. The number of hydrogen-bond acceptors (Lipinski definition) is 4. The molecule has 59 heavy (non-hydrogen) atoms. The second-order valence-electron chi connectivity index (χ2n) is 14.7. The molecule has 4 aromatic heterocycles. The molecule has 0 N–H and O–H groups in total. The Kier molecular flexibility index (Phi) is 8.76. The van der Waals surface area contributed by atoms with Crippen molar-refractivity contribution in [3.8, 4) is 45.0 Å². The van der Waals surface area contributed by atoms with E-state index in [0.29, 0.717) is 0 Å². The van der Waals surface area contributed by atoms with Crippen LogP contribution in [0.5, 0.6) is 0 Å². The molecule has 0 aliphatic rings. The summed E-state index contributed by atoms with van der Waals surface area (Å²) in [6, 6.07) is 74.9. The summed E-state index contributed by atoms with van der Waals surface area (Å²) in [6.07, 6.45) is 0. The topological polar surface area (TPSA) is 51.6 Å². The molecular weight excluding hydrogens is 736 g/mol. The van der Waals surface area contributed by atoms with E-state index in [1.165, 1.54) is 15.9 Å². The van der Waals surface area contributed by atoms with E-state index in [9.17, 15) is 0 Å². The maximum Gasteiger partial charge on any atom is 0.0972 e. The first kappa shape index (κ1) is 34.8. The molecule has 0 aliphatic carbocycles. The molecule has 5 heteroatoms. The van der Waals surface area contributed by atoms with Gasteiger partial charge in [-0.15, -0.1) is 0 Å². The Morgan fingerprint density at radius 3 is 0.949 bits per heavy atom. The fourth-order valence-corrected chi connectivity index (χ4v) is 10.3. The highest BCUT2D eigenvalue weighted by Crippen LogP contribution is 2.35. The summed E-state index contributed by atoms with van der Waals surface area (Å²) in [5.41, 5.74) is 11.4. The molecule has 276 valence electrons. The van der Waals surface area contributed by atoms with Crippen molar-refractivity contribution >= 4 is 67.4 Å². The van der Waals surface area contributed by atoms with Crippen LogP contribution in [0.2, 0.25) is 0 Å². The van der Waals surface area contributed by atoms with Gasteiger partial charge in [0, 0.05) is 43.8 Å². The largest absolute Gasteiger partial charge is 0.245 e. The molecule has 4 heterocycles. The highest BCUT2D eigenvalue weighted by Gasteiger charge is 2.17. The van der Waals surface area contributed by atoms with Crippen molar-refractivity contribution in [2.24, 2.45) is 0 Å². The number of rotatable bonds is 7. The van der Waals surface area contributed by atoms with Crippen molar-refractivity contribution in [2.45, 2.75) is 0 Å². The highest BCUT2D eigenvalue weighted by atomic mass is 31.1. The lowest BCUT2D eigenvalue weighted by Crippen LogP contribution is -2.20. The average molecular weight is 771 g/mol. The Hall–Kier alpha value is -7.39. The van der Waals surface area contributed by atoms with Crippen LogP contribution in [0.15, 0.2) is 212 Å². The van der Waals surface area contributed by atoms with Crippen molar-refractivity contribution < 1.29 is 0 Å². The van der Waals surface area contributed by atoms with Crippen LogP contribution >= 0.6 is 7.92 Å². The van der Waals surface area contributed by atoms with Crippen molar-refractivity contribution in [3.05, 3.63) is 212 Å². The molecule has 0 radical (unpaired) electrons. The molecular formula is C54H35N4P. The van der Waals surface area contributed by atoms with Crippen molar-refractivity contribution in [1.82, 2.24) is 19.9 Å². The van der Waals surface area contributed by atoms with E-state index in [4.69, 9.17) is 19.9 Å². The Bertz CT molecular complexity index is 3280. The van der Waals surface area contributed by atoms with Crippen LogP contribution in [-0.4, -0.2) is 19.9 Å². The molecule has 0 unspecified atom stereocenters. The fraction of sp³-hybridized carbons (Fsp3) is 0. The molecule has 4 nitrogen and oxygen atoms in total. The summed E-state index contributed by atoms with van der Waals surface area (Å²) in [4.78, 5) is 20.9. The predicted octanol–water partition coefficient (Wildman–Crippen LogP) is 12.3. The van der Waals surface area contributed by atoms with Crippen LogP contribution in [0.25, 0.3) is 88.6 Å². The van der Waals surface area contributed by atoms with Gasteiger partial charge in [-0.1, -0.05) is 182 Å². The Balaban J connectivity index is 0.946. The van der Waals surface area contributed by atoms with Gasteiger partial charge in [0.05, 0.1) is 44.8 Å². The minimum Gasteiger partial charge on any atom is -0.245 e. The lowest BCUT2D eigenvalue weighted by molar-refractivity contribution is 1.35. The first-order valence-corrected chi connectivity index (χ1v) is 21.1. The van der Waals surface area contributed by atoms with E-state index >= 15 is 0 Å². The first-order chi connectivity index (χ1) is 29.2. The number of fused-ring (bicyclic) bond motifs is 6. The normalized spacial score (nSPS) is 11.5. The second kappa shape index (κ2) is 14.8. The maximum absolute atomic E-state index is 5.29. The van der Waals surface area contributed by atoms with E-state index in [1.54, 1.807) is 0 Å². The van der Waals surface area contributed by atoms with Gasteiger partial charge in [-0.3, -0.25) is 0 Å². The molecule has 0 aliphatic heterocycles. The molecule has 0 saturated carbocycles. The summed E-state index contributed by atoms with van der Waals surface area (Å²) in [6.45, 7) is 0. The van der Waals surface area contributed by atoms with Crippen LogP contribution in [0.3, 0.4) is 0 Å². The molecule has 0 spiro atoms. The van der Waals surface area contributed by atoms with Gasteiger partial charge in [0.25, 0.3) is 0 Å². The van der Waals surface area contributed by atoms with E-state index in [1.807, 2.05) is 18.2 Å². The van der Waals surface area contributed by atoms with Crippen LogP contribution in [0.1, 0.15) is 0 Å². The smallest absolute Gasteiger partial charge is 0.0972 e. The monoisotopic (exact) mass is 770 g/mol. The summed E-state index contributed by atoms with van der Waals surface area (Å²) < 4.78 is 0. The van der Waals surface area contributed by atoms with Crippen molar-refractivity contribution in [1.29, 1.82) is 0 Å². The van der Waals surface area contributed by atoms with Gasteiger partial charge >= 0.3 is 0 Å². The summed E-state index contributed by atoms with van der Waals surface area (Å²) in [5, 5.41) is 8.22. The Morgan fingerprint density at radius 2 is 0.542 bits per heavy atom. The maximum atomic E-state index is 5.29. The second-order valence-corrected chi connectivity index (χ2v) is 16.9. The number of hydrogen-bond donors (Lipinski definition) is 0. The lowest BCUT2D eigenvalue weighted by atomic mass is 10.0. The molecule has 0 saturated heterocycles. The summed E-state index contributed by atoms with van der Waals surface area (Å²) >= 11 is 0. The van der Waals surface area contributed by atoms with Gasteiger partial charge in [-0.05, 0) is 54.2 Å². The third-order valence-corrected chi connectivity index (χ3v) is 13.5.